The Kier molecular flexibility index (Phi) is 23.2. The molecule has 23 nitrogen and oxygen atoms in total. The highest BCUT2D eigenvalue weighted by atomic mass is 16.6. The number of amides is 5. The van der Waals surface area contributed by atoms with Crippen molar-refractivity contribution in [1.82, 2.24) is 58.9 Å². The van der Waals surface area contributed by atoms with E-state index in [1.54, 1.807) is 113 Å². The van der Waals surface area contributed by atoms with Gasteiger partial charge in [0.2, 0.25) is 5.91 Å². The van der Waals surface area contributed by atoms with E-state index in [2.05, 4.69) is 29.8 Å². The summed E-state index contributed by atoms with van der Waals surface area (Å²) in [4.78, 5) is 99.5. The number of nitrogens with zero attached hydrogens (tertiary/aromatic N) is 11. The predicted molar refractivity (Wildman–Crippen MR) is 286 cm³/mol. The Morgan fingerprint density at radius 1 is 0.584 bits per heavy atom. The van der Waals surface area contributed by atoms with Crippen LogP contribution in [-0.4, -0.2) is 182 Å². The first-order valence-corrected chi connectivity index (χ1v) is 26.0. The van der Waals surface area contributed by atoms with E-state index in [-0.39, 0.29) is 51.7 Å². The highest BCUT2D eigenvalue weighted by molar-refractivity contribution is 5.87. The van der Waals surface area contributed by atoms with Crippen molar-refractivity contribution in [3.63, 3.8) is 0 Å². The average molecular weight is 1080 g/mol. The summed E-state index contributed by atoms with van der Waals surface area (Å²) in [5.74, 6) is -1.47. The first-order chi connectivity index (χ1) is 36.1. The van der Waals surface area contributed by atoms with Crippen molar-refractivity contribution in [2.75, 3.05) is 52.4 Å². The fourth-order valence-electron chi connectivity index (χ4n) is 7.60. The van der Waals surface area contributed by atoms with Gasteiger partial charge in [0.15, 0.2) is 6.04 Å². The van der Waals surface area contributed by atoms with Crippen LogP contribution in [0.15, 0.2) is 86.2 Å². The van der Waals surface area contributed by atoms with E-state index in [1.165, 1.54) is 14.7 Å². The first-order valence-electron chi connectivity index (χ1n) is 26.0. The number of ether oxygens (including phenoxy) is 4. The highest BCUT2D eigenvalue weighted by Crippen LogP contribution is 2.22. The second kappa shape index (κ2) is 28.7. The lowest BCUT2D eigenvalue weighted by atomic mass is 10.1. The minimum absolute atomic E-state index is 0.00717. The maximum Gasteiger partial charge on any atom is 0.411 e. The van der Waals surface area contributed by atoms with Crippen LogP contribution in [0.4, 0.5) is 19.2 Å². The summed E-state index contributed by atoms with van der Waals surface area (Å²) in [6, 6.07) is 9.43. The van der Waals surface area contributed by atoms with Gasteiger partial charge in [-0.1, -0.05) is 12.1 Å². The van der Waals surface area contributed by atoms with E-state index in [1.807, 2.05) is 65.9 Å². The van der Waals surface area contributed by atoms with Crippen molar-refractivity contribution in [2.24, 2.45) is 0 Å². The zero-order valence-electron chi connectivity index (χ0n) is 47.1. The molecule has 424 valence electrons. The number of aromatic nitrogens is 6. The number of carbonyl (C=O) groups is 6. The van der Waals surface area contributed by atoms with E-state index >= 15 is 0 Å². The third-order valence-corrected chi connectivity index (χ3v) is 11.0. The summed E-state index contributed by atoms with van der Waals surface area (Å²) < 4.78 is 25.7. The van der Waals surface area contributed by atoms with Gasteiger partial charge >= 0.3 is 30.3 Å². The number of carboxylic acid groups (broad SMARTS) is 1. The molecule has 0 spiro atoms. The molecular weight excluding hydrogens is 993 g/mol. The molecule has 2 fully saturated rings. The molecule has 0 saturated carbocycles. The highest BCUT2D eigenvalue weighted by Gasteiger charge is 2.43. The zero-order chi connectivity index (χ0) is 57.0. The quantitative estimate of drug-likeness (QED) is 0.0959. The standard InChI is InChI=1S/C27H40N6O5.C15H26N2O6.C12H16N4/c1-26(2,3)37-24(35)32-16-17-33(25(36)38-27(4,5)6)22(19-32)23(34)31(18-21-10-7-8-11-29-21)14-9-13-30-15-12-28-20-30;1-14(2,3)22-12(20)16-7-8-17(10(9-16)11(18)19)13(21)23-15(4,5)6;1-2-6-15-12(4-1)10-13-5-3-8-16-9-7-14-11-16/h7-8,10-12,15,20,22H,9,13-14,16-19H2,1-6H3;10H,7-9H2,1-6H3,(H,18,19);1-2,4,6-7,9,11,13H,3,5,8,10H2/t22-;;/m1../s1. The Labute approximate surface area is 453 Å². The lowest BCUT2D eigenvalue weighted by molar-refractivity contribution is -0.145. The molecule has 0 radical (unpaired) electrons. The SMILES string of the molecule is CC(C)(C)OC(=O)N1CCN(C(=O)OC(C)(C)C)C(C(=O)O)C1.CC(C)(C)OC(=O)N1CCN(C(=O)OC(C)(C)C)[C@@H](C(=O)N(CCCn2ccnc2)Cc2ccccn2)C1.c1ccc(CNCCCn2ccnc2)nc1. The summed E-state index contributed by atoms with van der Waals surface area (Å²) in [5.41, 5.74) is -0.986. The van der Waals surface area contributed by atoms with Gasteiger partial charge in [0.25, 0.3) is 0 Å². The number of aryl methyl sites for hydroxylation is 2. The summed E-state index contributed by atoms with van der Waals surface area (Å²) in [7, 11) is 0. The average Bonchev–Trinajstić information content (AvgIpc) is 4.08. The lowest BCUT2D eigenvalue weighted by Gasteiger charge is -2.42. The summed E-state index contributed by atoms with van der Waals surface area (Å²) in [6.07, 6.45) is 13.8. The molecule has 23 heteroatoms. The fraction of sp³-hybridized carbons (Fsp3) is 0.593. The smallest absolute Gasteiger partial charge is 0.411 e. The minimum atomic E-state index is -1.19. The third-order valence-electron chi connectivity index (χ3n) is 11.0. The van der Waals surface area contributed by atoms with Crippen LogP contribution >= 0.6 is 0 Å². The Hall–Kier alpha value is -7.30. The molecule has 4 aromatic heterocycles. The molecule has 2 N–H and O–H groups in total. The van der Waals surface area contributed by atoms with Gasteiger partial charge in [-0.3, -0.25) is 24.6 Å². The summed E-state index contributed by atoms with van der Waals surface area (Å²) in [5, 5.41) is 12.7. The lowest BCUT2D eigenvalue weighted by Crippen LogP contribution is -2.62. The number of rotatable bonds is 14. The van der Waals surface area contributed by atoms with E-state index in [4.69, 9.17) is 18.9 Å². The number of aliphatic carboxylic acids is 1. The number of imidazole rings is 2. The van der Waals surface area contributed by atoms with Gasteiger partial charge in [0, 0.05) is 89.5 Å². The molecule has 2 saturated heterocycles. The fourth-order valence-corrected chi connectivity index (χ4v) is 7.60. The molecule has 6 heterocycles. The number of piperazine rings is 2. The van der Waals surface area contributed by atoms with Crippen LogP contribution in [0.2, 0.25) is 0 Å². The number of carbonyl (C=O) groups excluding carboxylic acids is 5. The molecule has 77 heavy (non-hydrogen) atoms. The number of hydrogen-bond donors (Lipinski definition) is 2. The van der Waals surface area contributed by atoms with Crippen LogP contribution in [0.3, 0.4) is 0 Å². The normalized spacial score (nSPS) is 15.9. The summed E-state index contributed by atoms with van der Waals surface area (Å²) in [6.45, 7) is 25.8. The molecule has 1 unspecified atom stereocenters. The topological polar surface area (TPSA) is 249 Å². The maximum absolute atomic E-state index is 14.1. The van der Waals surface area contributed by atoms with Crippen molar-refractivity contribution >= 4 is 36.2 Å². The van der Waals surface area contributed by atoms with Gasteiger partial charge in [0.05, 0.1) is 43.7 Å². The van der Waals surface area contributed by atoms with E-state index in [9.17, 15) is 33.9 Å². The number of hydrogen-bond acceptors (Lipinski definition) is 15. The predicted octanol–water partition coefficient (Wildman–Crippen LogP) is 6.94. The molecule has 6 rings (SSSR count). The molecule has 5 amide bonds. The molecule has 2 aliphatic rings. The van der Waals surface area contributed by atoms with Crippen LogP contribution in [0.25, 0.3) is 0 Å². The van der Waals surface area contributed by atoms with Gasteiger partial charge in [-0.2, -0.15) is 0 Å². The van der Waals surface area contributed by atoms with Crippen molar-refractivity contribution in [2.45, 2.75) is 157 Å². The Morgan fingerprint density at radius 3 is 1.45 bits per heavy atom. The van der Waals surface area contributed by atoms with E-state index in [0.29, 0.717) is 19.5 Å². The first kappa shape index (κ1) is 62.2. The third kappa shape index (κ3) is 23.2. The van der Waals surface area contributed by atoms with Crippen molar-refractivity contribution in [1.29, 1.82) is 0 Å². The number of nitrogens with one attached hydrogen (secondary N) is 1. The van der Waals surface area contributed by atoms with Gasteiger partial charge in [-0.05, 0) is 127 Å². The van der Waals surface area contributed by atoms with Gasteiger partial charge in [-0.25, -0.2) is 33.9 Å². The molecule has 0 aromatic carbocycles. The number of carboxylic acids is 1. The van der Waals surface area contributed by atoms with Gasteiger partial charge < -0.3 is 53.2 Å². The van der Waals surface area contributed by atoms with E-state index < -0.39 is 64.8 Å². The van der Waals surface area contributed by atoms with Crippen molar-refractivity contribution in [3.8, 4) is 0 Å². The maximum atomic E-state index is 14.1. The Balaban J connectivity index is 0.000000277. The molecular formula is C54H82N12O11. The molecule has 0 bridgehead atoms. The summed E-state index contributed by atoms with van der Waals surface area (Å²) >= 11 is 0. The van der Waals surface area contributed by atoms with Crippen molar-refractivity contribution < 1.29 is 52.8 Å². The molecule has 4 aromatic rings. The van der Waals surface area contributed by atoms with Crippen LogP contribution in [0, 0.1) is 0 Å². The van der Waals surface area contributed by atoms with Gasteiger partial charge in [0.1, 0.15) is 28.4 Å². The largest absolute Gasteiger partial charge is 0.480 e. The van der Waals surface area contributed by atoms with Crippen LogP contribution in [-0.2, 0) is 54.7 Å². The van der Waals surface area contributed by atoms with Crippen LogP contribution in [0.1, 0.15) is 107 Å². The molecule has 0 aliphatic carbocycles. The van der Waals surface area contributed by atoms with Gasteiger partial charge in [-0.15, -0.1) is 0 Å². The van der Waals surface area contributed by atoms with Crippen LogP contribution < -0.4 is 5.32 Å². The zero-order valence-corrected chi connectivity index (χ0v) is 47.1. The Bertz CT molecular complexity index is 2430. The second-order valence-electron chi connectivity index (χ2n) is 22.5. The molecule has 2 aliphatic heterocycles. The number of pyridine rings is 2. The van der Waals surface area contributed by atoms with Crippen LogP contribution in [0.5, 0.6) is 0 Å². The minimum Gasteiger partial charge on any atom is -0.480 e. The van der Waals surface area contributed by atoms with E-state index in [0.717, 1.165) is 42.3 Å². The van der Waals surface area contributed by atoms with Crippen molar-refractivity contribution in [3.05, 3.63) is 97.6 Å². The Morgan fingerprint density at radius 2 is 1.03 bits per heavy atom. The second-order valence-corrected chi connectivity index (χ2v) is 22.5. The monoisotopic (exact) mass is 1070 g/mol. The molecule has 2 atom stereocenters.